The fraction of sp³-hybridized carbons (Fsp3) is 0.875. The van der Waals surface area contributed by atoms with Gasteiger partial charge in [0.2, 0.25) is 5.91 Å². The smallest absolute Gasteiger partial charge is 0.219 e. The highest BCUT2D eigenvalue weighted by molar-refractivity contribution is 5.75. The van der Waals surface area contributed by atoms with Crippen molar-refractivity contribution in [3.8, 4) is 0 Å². The SMILES string of the molecule is CCCCCCCC/C=C\CCCCCCCC(=O)NCC[C@@H](O)[C@H](O)[C@H](O)CO. The molecule has 30 heavy (non-hydrogen) atoms. The number of hydrogen-bond acceptors (Lipinski definition) is 5. The summed E-state index contributed by atoms with van der Waals surface area (Å²) in [6, 6.07) is 0. The van der Waals surface area contributed by atoms with Crippen molar-refractivity contribution < 1.29 is 25.2 Å². The molecule has 0 aromatic carbocycles. The first-order valence-corrected chi connectivity index (χ1v) is 12.1. The molecule has 178 valence electrons. The van der Waals surface area contributed by atoms with E-state index in [4.69, 9.17) is 5.11 Å². The van der Waals surface area contributed by atoms with E-state index in [0.29, 0.717) is 6.42 Å². The van der Waals surface area contributed by atoms with Gasteiger partial charge < -0.3 is 25.7 Å². The number of hydrogen-bond donors (Lipinski definition) is 5. The van der Waals surface area contributed by atoms with Crippen LogP contribution >= 0.6 is 0 Å². The van der Waals surface area contributed by atoms with Crippen LogP contribution in [0.1, 0.15) is 103 Å². The van der Waals surface area contributed by atoms with Gasteiger partial charge in [-0.25, -0.2) is 0 Å². The third-order valence-electron chi connectivity index (χ3n) is 5.40. The second kappa shape index (κ2) is 21.3. The van der Waals surface area contributed by atoms with Gasteiger partial charge in [0.25, 0.3) is 0 Å². The molecule has 0 aromatic heterocycles. The van der Waals surface area contributed by atoms with Crippen molar-refractivity contribution in [2.45, 2.75) is 122 Å². The van der Waals surface area contributed by atoms with Crippen LogP contribution in [0.5, 0.6) is 0 Å². The van der Waals surface area contributed by atoms with Crippen LogP contribution in [0.25, 0.3) is 0 Å². The number of amides is 1. The van der Waals surface area contributed by atoms with Gasteiger partial charge in [-0.2, -0.15) is 0 Å². The van der Waals surface area contributed by atoms with Gasteiger partial charge in [-0.3, -0.25) is 4.79 Å². The monoisotopic (exact) mass is 429 g/mol. The molecule has 0 fully saturated rings. The highest BCUT2D eigenvalue weighted by Gasteiger charge is 2.23. The van der Waals surface area contributed by atoms with Crippen molar-refractivity contribution in [3.63, 3.8) is 0 Å². The van der Waals surface area contributed by atoms with Crippen LogP contribution in [0.3, 0.4) is 0 Å². The minimum Gasteiger partial charge on any atom is -0.394 e. The second-order valence-corrected chi connectivity index (χ2v) is 8.28. The fourth-order valence-corrected chi connectivity index (χ4v) is 3.34. The van der Waals surface area contributed by atoms with E-state index < -0.39 is 24.9 Å². The van der Waals surface area contributed by atoms with E-state index in [1.807, 2.05) is 0 Å². The lowest BCUT2D eigenvalue weighted by atomic mass is 10.1. The molecule has 3 atom stereocenters. The molecule has 0 rings (SSSR count). The number of carbonyl (C=O) groups is 1. The Labute approximate surface area is 183 Å². The molecule has 0 unspecified atom stereocenters. The van der Waals surface area contributed by atoms with Crippen molar-refractivity contribution in [3.05, 3.63) is 12.2 Å². The quantitative estimate of drug-likeness (QED) is 0.141. The molecule has 0 aliphatic rings. The molecule has 0 radical (unpaired) electrons. The Morgan fingerprint density at radius 3 is 1.90 bits per heavy atom. The molecule has 0 aromatic rings. The van der Waals surface area contributed by atoms with Gasteiger partial charge in [-0.15, -0.1) is 0 Å². The molecule has 0 saturated heterocycles. The summed E-state index contributed by atoms with van der Waals surface area (Å²) in [6.07, 6.45) is 17.2. The van der Waals surface area contributed by atoms with E-state index >= 15 is 0 Å². The van der Waals surface area contributed by atoms with E-state index in [1.165, 1.54) is 57.8 Å². The lowest BCUT2D eigenvalue weighted by Crippen LogP contribution is -2.41. The van der Waals surface area contributed by atoms with Crippen molar-refractivity contribution in [2.75, 3.05) is 13.2 Å². The Balaban J connectivity index is 3.42. The first kappa shape index (κ1) is 29.1. The number of aliphatic hydroxyl groups is 4. The third kappa shape index (κ3) is 17.9. The summed E-state index contributed by atoms with van der Waals surface area (Å²) >= 11 is 0. The molecule has 0 bridgehead atoms. The lowest BCUT2D eigenvalue weighted by Gasteiger charge is -2.21. The first-order chi connectivity index (χ1) is 14.5. The van der Waals surface area contributed by atoms with Gasteiger partial charge in [-0.05, 0) is 38.5 Å². The number of nitrogens with one attached hydrogen (secondary N) is 1. The van der Waals surface area contributed by atoms with Crippen LogP contribution in [0, 0.1) is 0 Å². The zero-order valence-electron chi connectivity index (χ0n) is 19.1. The molecular weight excluding hydrogens is 382 g/mol. The van der Waals surface area contributed by atoms with Crippen molar-refractivity contribution in [2.24, 2.45) is 0 Å². The summed E-state index contributed by atoms with van der Waals surface area (Å²) < 4.78 is 0. The van der Waals surface area contributed by atoms with Crippen LogP contribution in [0.4, 0.5) is 0 Å². The summed E-state index contributed by atoms with van der Waals surface area (Å²) in [4.78, 5) is 11.8. The van der Waals surface area contributed by atoms with Gasteiger partial charge in [-0.1, -0.05) is 70.4 Å². The summed E-state index contributed by atoms with van der Waals surface area (Å²) in [7, 11) is 0. The zero-order chi connectivity index (χ0) is 22.5. The van der Waals surface area contributed by atoms with Crippen molar-refractivity contribution in [1.29, 1.82) is 0 Å². The normalized spacial score (nSPS) is 14.7. The molecular formula is C24H47NO5. The highest BCUT2D eigenvalue weighted by atomic mass is 16.4. The maximum absolute atomic E-state index is 11.8. The van der Waals surface area contributed by atoms with Crippen LogP contribution in [0.2, 0.25) is 0 Å². The van der Waals surface area contributed by atoms with E-state index in [9.17, 15) is 20.1 Å². The Kier molecular flexibility index (Phi) is 20.6. The molecule has 0 aliphatic heterocycles. The molecule has 1 amide bonds. The minimum absolute atomic E-state index is 0.0583. The summed E-state index contributed by atoms with van der Waals surface area (Å²) in [5.74, 6) is -0.0583. The fourth-order valence-electron chi connectivity index (χ4n) is 3.34. The Morgan fingerprint density at radius 1 is 0.800 bits per heavy atom. The zero-order valence-corrected chi connectivity index (χ0v) is 19.1. The summed E-state index contributed by atoms with van der Waals surface area (Å²) in [5, 5.41) is 39.9. The van der Waals surface area contributed by atoms with E-state index in [-0.39, 0.29) is 18.9 Å². The van der Waals surface area contributed by atoms with Crippen LogP contribution in [-0.4, -0.2) is 57.8 Å². The van der Waals surface area contributed by atoms with Gasteiger partial charge in [0.15, 0.2) is 0 Å². The first-order valence-electron chi connectivity index (χ1n) is 12.1. The lowest BCUT2D eigenvalue weighted by molar-refractivity contribution is -0.121. The van der Waals surface area contributed by atoms with Crippen LogP contribution < -0.4 is 5.32 Å². The van der Waals surface area contributed by atoms with E-state index in [2.05, 4.69) is 24.4 Å². The van der Waals surface area contributed by atoms with Crippen molar-refractivity contribution >= 4 is 5.91 Å². The van der Waals surface area contributed by atoms with Crippen molar-refractivity contribution in [1.82, 2.24) is 5.32 Å². The number of rotatable bonds is 21. The largest absolute Gasteiger partial charge is 0.394 e. The van der Waals surface area contributed by atoms with E-state index in [1.54, 1.807) is 0 Å². The Morgan fingerprint density at radius 2 is 1.33 bits per heavy atom. The Hall–Kier alpha value is -0.950. The molecule has 0 spiro atoms. The van der Waals surface area contributed by atoms with Gasteiger partial charge in [0.05, 0.1) is 12.7 Å². The standard InChI is InChI=1S/C24H47NO5/c1-2-3-4-5-6-7-8-9-10-11-12-13-14-15-16-17-23(29)25-19-18-21(27)24(30)22(28)20-26/h9-10,21-22,24,26-28,30H,2-8,11-20H2,1H3,(H,25,29)/b10-9-/t21-,22-,24+/m1/s1. The predicted octanol–water partition coefficient (Wildman–Crippen LogP) is 3.61. The summed E-state index contributed by atoms with van der Waals surface area (Å²) in [6.45, 7) is 1.87. The maximum Gasteiger partial charge on any atom is 0.219 e. The van der Waals surface area contributed by atoms with Crippen LogP contribution in [-0.2, 0) is 4.79 Å². The predicted molar refractivity (Wildman–Crippen MR) is 122 cm³/mol. The molecule has 0 saturated carbocycles. The third-order valence-corrected chi connectivity index (χ3v) is 5.40. The van der Waals surface area contributed by atoms with E-state index in [0.717, 1.165) is 25.7 Å². The average Bonchev–Trinajstić information content (AvgIpc) is 2.75. The minimum atomic E-state index is -1.41. The van der Waals surface area contributed by atoms with Gasteiger partial charge in [0.1, 0.15) is 12.2 Å². The van der Waals surface area contributed by atoms with Gasteiger partial charge in [0, 0.05) is 13.0 Å². The highest BCUT2D eigenvalue weighted by Crippen LogP contribution is 2.10. The molecule has 0 heterocycles. The maximum atomic E-state index is 11.8. The van der Waals surface area contributed by atoms with Gasteiger partial charge >= 0.3 is 0 Å². The van der Waals surface area contributed by atoms with Crippen LogP contribution in [0.15, 0.2) is 12.2 Å². The molecule has 6 nitrogen and oxygen atoms in total. The molecule has 5 N–H and O–H groups in total. The number of unbranched alkanes of at least 4 members (excludes halogenated alkanes) is 11. The summed E-state index contributed by atoms with van der Waals surface area (Å²) in [5.41, 5.74) is 0. The average molecular weight is 430 g/mol. The topological polar surface area (TPSA) is 110 Å². The number of aliphatic hydroxyl groups excluding tert-OH is 4. The molecule has 0 aliphatic carbocycles. The Bertz CT molecular complexity index is 416. The number of allylic oxidation sites excluding steroid dienone is 2. The second-order valence-electron chi connectivity index (χ2n) is 8.28. The molecule has 6 heteroatoms. The number of carbonyl (C=O) groups excluding carboxylic acids is 1.